The Morgan fingerprint density at radius 3 is 2.47 bits per heavy atom. The van der Waals surface area contributed by atoms with Crippen molar-refractivity contribution in [1.29, 1.82) is 0 Å². The molecule has 0 aromatic heterocycles. The molecule has 1 N–H and O–H groups in total. The van der Waals surface area contributed by atoms with Crippen molar-refractivity contribution >= 4 is 33.2 Å². The zero-order valence-electron chi connectivity index (χ0n) is 8.13. The molecule has 3 nitrogen and oxygen atoms in total. The molecule has 0 bridgehead atoms. The molecule has 1 rings (SSSR count). The van der Waals surface area contributed by atoms with E-state index in [0.717, 1.165) is 11.8 Å². The smallest absolute Gasteiger partial charge is 0.208 e. The summed E-state index contributed by atoms with van der Waals surface area (Å²) < 4.78 is 24.0. The topological polar surface area (TPSA) is 46.2 Å². The van der Waals surface area contributed by atoms with Crippen molar-refractivity contribution in [3.63, 3.8) is 0 Å². The number of benzene rings is 1. The van der Waals surface area contributed by atoms with Gasteiger partial charge in [0.25, 0.3) is 0 Å². The molecule has 0 unspecified atom stereocenters. The fourth-order valence-electron chi connectivity index (χ4n) is 1.08. The SMILES string of the molecule is CS(=O)(=O)NCCc1ccc(Cl)c(Cl)c1. The Morgan fingerprint density at radius 1 is 1.27 bits per heavy atom. The van der Waals surface area contributed by atoms with E-state index < -0.39 is 10.0 Å². The number of hydrogen-bond donors (Lipinski definition) is 1. The third-order valence-electron chi connectivity index (χ3n) is 1.76. The Balaban J connectivity index is 2.55. The average molecular weight is 268 g/mol. The molecule has 84 valence electrons. The van der Waals surface area contributed by atoms with Crippen LogP contribution in [0.15, 0.2) is 18.2 Å². The van der Waals surface area contributed by atoms with Gasteiger partial charge in [-0.3, -0.25) is 0 Å². The molecule has 0 aliphatic carbocycles. The summed E-state index contributed by atoms with van der Waals surface area (Å²) in [5.41, 5.74) is 0.945. The second kappa shape index (κ2) is 5.16. The maximum atomic E-state index is 10.8. The molecule has 6 heteroatoms. The summed E-state index contributed by atoms with van der Waals surface area (Å²) in [6, 6.07) is 5.24. The quantitative estimate of drug-likeness (QED) is 0.908. The highest BCUT2D eigenvalue weighted by molar-refractivity contribution is 7.88. The minimum Gasteiger partial charge on any atom is -0.215 e. The van der Waals surface area contributed by atoms with Crippen LogP contribution in [0.1, 0.15) is 5.56 Å². The van der Waals surface area contributed by atoms with Crippen LogP contribution in [0.4, 0.5) is 0 Å². The van der Waals surface area contributed by atoms with Gasteiger partial charge >= 0.3 is 0 Å². The molecule has 0 atom stereocenters. The largest absolute Gasteiger partial charge is 0.215 e. The monoisotopic (exact) mass is 267 g/mol. The number of halogens is 2. The molecule has 0 fully saturated rings. The summed E-state index contributed by atoms with van der Waals surface area (Å²) in [7, 11) is -3.12. The van der Waals surface area contributed by atoms with Crippen LogP contribution in [0.3, 0.4) is 0 Å². The fraction of sp³-hybridized carbons (Fsp3) is 0.333. The van der Waals surface area contributed by atoms with Gasteiger partial charge < -0.3 is 0 Å². The third-order valence-corrected chi connectivity index (χ3v) is 3.23. The Bertz CT molecular complexity index is 445. The minimum atomic E-state index is -3.12. The third kappa shape index (κ3) is 4.84. The van der Waals surface area contributed by atoms with Gasteiger partial charge in [-0.2, -0.15) is 0 Å². The molecule has 0 aliphatic rings. The molecule has 0 heterocycles. The minimum absolute atomic E-state index is 0.358. The lowest BCUT2D eigenvalue weighted by Gasteiger charge is -2.03. The van der Waals surface area contributed by atoms with Gasteiger partial charge in [-0.05, 0) is 24.1 Å². The molecule has 0 saturated carbocycles. The molecule has 0 amide bonds. The van der Waals surface area contributed by atoms with E-state index in [-0.39, 0.29) is 0 Å². The summed E-state index contributed by atoms with van der Waals surface area (Å²) in [6.07, 6.45) is 1.71. The zero-order chi connectivity index (χ0) is 11.5. The van der Waals surface area contributed by atoms with E-state index in [1.165, 1.54) is 0 Å². The van der Waals surface area contributed by atoms with Crippen molar-refractivity contribution in [2.24, 2.45) is 0 Å². The second-order valence-corrected chi connectivity index (χ2v) is 5.81. The molecule has 1 aromatic rings. The fourth-order valence-corrected chi connectivity index (χ4v) is 1.87. The lowest BCUT2D eigenvalue weighted by molar-refractivity contribution is 0.588. The van der Waals surface area contributed by atoms with E-state index in [1.807, 2.05) is 6.07 Å². The van der Waals surface area contributed by atoms with Crippen LogP contribution in [0.25, 0.3) is 0 Å². The molecular weight excluding hydrogens is 257 g/mol. The predicted octanol–water partition coefficient (Wildman–Crippen LogP) is 2.09. The maximum absolute atomic E-state index is 10.8. The highest BCUT2D eigenvalue weighted by Crippen LogP contribution is 2.22. The van der Waals surface area contributed by atoms with E-state index in [0.29, 0.717) is 23.0 Å². The highest BCUT2D eigenvalue weighted by Gasteiger charge is 2.02. The lowest BCUT2D eigenvalue weighted by Crippen LogP contribution is -2.24. The van der Waals surface area contributed by atoms with Crippen LogP contribution in [-0.4, -0.2) is 21.2 Å². The van der Waals surface area contributed by atoms with Gasteiger partial charge in [0.05, 0.1) is 16.3 Å². The van der Waals surface area contributed by atoms with Crippen molar-refractivity contribution in [2.75, 3.05) is 12.8 Å². The molecule has 0 spiro atoms. The Kier molecular flexibility index (Phi) is 4.40. The van der Waals surface area contributed by atoms with Crippen molar-refractivity contribution in [3.8, 4) is 0 Å². The predicted molar refractivity (Wildman–Crippen MR) is 63.0 cm³/mol. The maximum Gasteiger partial charge on any atom is 0.208 e. The molecule has 0 aliphatic heterocycles. The van der Waals surface area contributed by atoms with Crippen molar-refractivity contribution in [3.05, 3.63) is 33.8 Å². The Labute approximate surface area is 99.4 Å². The van der Waals surface area contributed by atoms with Gasteiger partial charge in [-0.25, -0.2) is 13.1 Å². The van der Waals surface area contributed by atoms with Gasteiger partial charge in [0.1, 0.15) is 0 Å². The number of sulfonamides is 1. The lowest BCUT2D eigenvalue weighted by atomic mass is 10.1. The van der Waals surface area contributed by atoms with E-state index in [9.17, 15) is 8.42 Å². The first-order valence-electron chi connectivity index (χ1n) is 4.27. The first-order valence-corrected chi connectivity index (χ1v) is 6.92. The van der Waals surface area contributed by atoms with Crippen LogP contribution in [-0.2, 0) is 16.4 Å². The zero-order valence-corrected chi connectivity index (χ0v) is 10.5. The Hall–Kier alpha value is -0.290. The van der Waals surface area contributed by atoms with Gasteiger partial charge in [0.15, 0.2) is 0 Å². The van der Waals surface area contributed by atoms with Crippen LogP contribution in [0, 0.1) is 0 Å². The summed E-state index contributed by atoms with van der Waals surface area (Å²) in [5, 5.41) is 0.977. The standard InChI is InChI=1S/C9H11Cl2NO2S/c1-15(13,14)12-5-4-7-2-3-8(10)9(11)6-7/h2-3,6,12H,4-5H2,1H3. The molecule has 0 saturated heterocycles. The van der Waals surface area contributed by atoms with E-state index in [4.69, 9.17) is 23.2 Å². The van der Waals surface area contributed by atoms with Gasteiger partial charge in [0, 0.05) is 6.54 Å². The number of nitrogens with one attached hydrogen (secondary N) is 1. The van der Waals surface area contributed by atoms with Crippen LogP contribution < -0.4 is 4.72 Å². The van der Waals surface area contributed by atoms with Crippen molar-refractivity contribution in [2.45, 2.75) is 6.42 Å². The first kappa shape index (κ1) is 12.8. The van der Waals surface area contributed by atoms with Crippen LogP contribution in [0.5, 0.6) is 0 Å². The van der Waals surface area contributed by atoms with Gasteiger partial charge in [-0.15, -0.1) is 0 Å². The molecule has 0 radical (unpaired) electrons. The van der Waals surface area contributed by atoms with Crippen LogP contribution in [0.2, 0.25) is 10.0 Å². The van der Waals surface area contributed by atoms with Crippen molar-refractivity contribution in [1.82, 2.24) is 4.72 Å². The van der Waals surface area contributed by atoms with Crippen LogP contribution >= 0.6 is 23.2 Å². The normalized spacial score (nSPS) is 11.7. The molecule has 1 aromatic carbocycles. The Morgan fingerprint density at radius 2 is 1.93 bits per heavy atom. The number of hydrogen-bond acceptors (Lipinski definition) is 2. The highest BCUT2D eigenvalue weighted by atomic mass is 35.5. The van der Waals surface area contributed by atoms with E-state index >= 15 is 0 Å². The average Bonchev–Trinajstić information content (AvgIpc) is 2.09. The summed E-state index contributed by atoms with van der Waals surface area (Å²) in [5.74, 6) is 0. The first-order chi connectivity index (χ1) is 6.88. The summed E-state index contributed by atoms with van der Waals surface area (Å²) in [4.78, 5) is 0. The van der Waals surface area contributed by atoms with E-state index in [2.05, 4.69) is 4.72 Å². The summed E-state index contributed by atoms with van der Waals surface area (Å²) in [6.45, 7) is 0.358. The van der Waals surface area contributed by atoms with Gasteiger partial charge in [0.2, 0.25) is 10.0 Å². The van der Waals surface area contributed by atoms with Crippen molar-refractivity contribution < 1.29 is 8.42 Å². The molecular formula is C9H11Cl2NO2S. The van der Waals surface area contributed by atoms with E-state index in [1.54, 1.807) is 12.1 Å². The molecule has 15 heavy (non-hydrogen) atoms. The van der Waals surface area contributed by atoms with Gasteiger partial charge in [-0.1, -0.05) is 29.3 Å². The number of rotatable bonds is 4. The second-order valence-electron chi connectivity index (χ2n) is 3.16. The summed E-state index contributed by atoms with van der Waals surface area (Å²) >= 11 is 11.6.